The molecule has 0 saturated heterocycles. The number of halogens is 2. The molecule has 1 unspecified atom stereocenters. The van der Waals surface area contributed by atoms with Crippen LogP contribution < -0.4 is 5.32 Å². The van der Waals surface area contributed by atoms with Crippen LogP contribution in [0, 0.1) is 17.6 Å². The first kappa shape index (κ1) is 27.4. The summed E-state index contributed by atoms with van der Waals surface area (Å²) in [5.41, 5.74) is 0.235. The van der Waals surface area contributed by atoms with Gasteiger partial charge in [0, 0.05) is 43.9 Å². The molecule has 10 heteroatoms. The SMILES string of the molecule is CCN(CC)S(=O)(=O)c1cccc(C(=O)NC(C(=O)N(C)Cc2ccc(F)cc2F)C(C)C)c1. The average molecular weight is 496 g/mol. The quantitative estimate of drug-likeness (QED) is 0.547. The summed E-state index contributed by atoms with van der Waals surface area (Å²) in [6.45, 7) is 7.42. The Kier molecular flexibility index (Phi) is 9.29. The van der Waals surface area contributed by atoms with E-state index in [1.54, 1.807) is 27.7 Å². The van der Waals surface area contributed by atoms with Crippen LogP contribution in [0.3, 0.4) is 0 Å². The molecule has 2 aromatic rings. The molecule has 0 bridgehead atoms. The molecule has 0 fully saturated rings. The zero-order chi connectivity index (χ0) is 25.6. The molecule has 1 atom stereocenters. The van der Waals surface area contributed by atoms with E-state index in [1.165, 1.54) is 46.6 Å². The summed E-state index contributed by atoms with van der Waals surface area (Å²) in [6, 6.07) is 7.81. The van der Waals surface area contributed by atoms with Gasteiger partial charge >= 0.3 is 0 Å². The monoisotopic (exact) mass is 495 g/mol. The molecule has 1 N–H and O–H groups in total. The first-order valence-electron chi connectivity index (χ1n) is 11.0. The van der Waals surface area contributed by atoms with Crippen LogP contribution in [-0.2, 0) is 21.4 Å². The predicted octanol–water partition coefficient (Wildman–Crippen LogP) is 3.41. The Bertz CT molecular complexity index is 1130. The highest BCUT2D eigenvalue weighted by atomic mass is 32.2. The van der Waals surface area contributed by atoms with Gasteiger partial charge in [-0.3, -0.25) is 9.59 Å². The minimum absolute atomic E-state index is 0.0137. The molecule has 7 nitrogen and oxygen atoms in total. The molecular formula is C24H31F2N3O4S. The lowest BCUT2D eigenvalue weighted by Gasteiger charge is -2.27. The van der Waals surface area contributed by atoms with Crippen LogP contribution in [0.4, 0.5) is 8.78 Å². The summed E-state index contributed by atoms with van der Waals surface area (Å²) in [5, 5.41) is 2.67. The van der Waals surface area contributed by atoms with Crippen molar-refractivity contribution >= 4 is 21.8 Å². The molecule has 2 aromatic carbocycles. The maximum Gasteiger partial charge on any atom is 0.251 e. The number of likely N-dealkylation sites (N-methyl/N-ethyl adjacent to an activating group) is 1. The molecule has 186 valence electrons. The van der Waals surface area contributed by atoms with Gasteiger partial charge in [-0.2, -0.15) is 4.31 Å². The second kappa shape index (κ2) is 11.5. The van der Waals surface area contributed by atoms with Crippen LogP contribution in [0.1, 0.15) is 43.6 Å². The third-order valence-corrected chi connectivity index (χ3v) is 7.50. The number of carbonyl (C=O) groups is 2. The summed E-state index contributed by atoms with van der Waals surface area (Å²) < 4.78 is 54.1. The molecule has 34 heavy (non-hydrogen) atoms. The van der Waals surface area contributed by atoms with E-state index >= 15 is 0 Å². The van der Waals surface area contributed by atoms with E-state index in [2.05, 4.69) is 5.32 Å². The Labute approximate surface area is 199 Å². The van der Waals surface area contributed by atoms with E-state index in [4.69, 9.17) is 0 Å². The molecule has 2 amide bonds. The number of sulfonamides is 1. The molecule has 0 spiro atoms. The zero-order valence-corrected chi connectivity index (χ0v) is 20.8. The van der Waals surface area contributed by atoms with Crippen molar-refractivity contribution in [2.75, 3.05) is 20.1 Å². The molecule has 0 aliphatic heterocycles. The summed E-state index contributed by atoms with van der Waals surface area (Å²) in [6.07, 6.45) is 0. The van der Waals surface area contributed by atoms with Crippen molar-refractivity contribution in [1.29, 1.82) is 0 Å². The van der Waals surface area contributed by atoms with Crippen molar-refractivity contribution in [2.45, 2.75) is 45.2 Å². The highest BCUT2D eigenvalue weighted by Gasteiger charge is 2.29. The maximum atomic E-state index is 14.0. The molecule has 2 rings (SSSR count). The van der Waals surface area contributed by atoms with E-state index in [0.717, 1.165) is 12.1 Å². The van der Waals surface area contributed by atoms with Crippen LogP contribution in [0.2, 0.25) is 0 Å². The summed E-state index contributed by atoms with van der Waals surface area (Å²) >= 11 is 0. The molecule has 0 aliphatic rings. The standard InChI is InChI=1S/C24H31F2N3O4S/c1-6-29(7-2)34(32,33)20-10-8-9-17(13-20)23(30)27-22(16(3)4)24(31)28(5)15-18-11-12-19(25)14-21(18)26/h8-14,16,22H,6-7,15H2,1-5H3,(H,27,30). The first-order valence-corrected chi connectivity index (χ1v) is 12.5. The van der Waals surface area contributed by atoms with Crippen LogP contribution in [0.5, 0.6) is 0 Å². The predicted molar refractivity (Wildman–Crippen MR) is 125 cm³/mol. The van der Waals surface area contributed by atoms with Gasteiger partial charge in [0.15, 0.2) is 0 Å². The van der Waals surface area contributed by atoms with Gasteiger partial charge in [-0.1, -0.05) is 39.8 Å². The Balaban J connectivity index is 2.22. The van der Waals surface area contributed by atoms with E-state index in [9.17, 15) is 26.8 Å². The van der Waals surface area contributed by atoms with Gasteiger partial charge in [0.2, 0.25) is 15.9 Å². The van der Waals surface area contributed by atoms with Gasteiger partial charge < -0.3 is 10.2 Å². The second-order valence-corrected chi connectivity index (χ2v) is 10.2. The number of rotatable bonds is 10. The maximum absolute atomic E-state index is 14.0. The van der Waals surface area contributed by atoms with E-state index in [1.807, 2.05) is 0 Å². The second-order valence-electron chi connectivity index (χ2n) is 8.24. The van der Waals surface area contributed by atoms with Crippen molar-refractivity contribution in [2.24, 2.45) is 5.92 Å². The molecule has 0 radical (unpaired) electrons. The first-order chi connectivity index (χ1) is 15.9. The van der Waals surface area contributed by atoms with Crippen LogP contribution in [-0.4, -0.2) is 55.6 Å². The Hall–Kier alpha value is -2.85. The van der Waals surface area contributed by atoms with Crippen molar-refractivity contribution in [3.05, 3.63) is 65.2 Å². The van der Waals surface area contributed by atoms with Gasteiger partial charge in [-0.05, 0) is 30.2 Å². The lowest BCUT2D eigenvalue weighted by molar-refractivity contribution is -0.133. The fourth-order valence-electron chi connectivity index (χ4n) is 3.47. The molecule has 0 heterocycles. The van der Waals surface area contributed by atoms with E-state index in [-0.39, 0.29) is 28.5 Å². The van der Waals surface area contributed by atoms with Crippen molar-refractivity contribution < 1.29 is 26.8 Å². The topological polar surface area (TPSA) is 86.8 Å². The minimum Gasteiger partial charge on any atom is -0.340 e. The van der Waals surface area contributed by atoms with E-state index in [0.29, 0.717) is 13.1 Å². The van der Waals surface area contributed by atoms with Crippen LogP contribution in [0.15, 0.2) is 47.4 Å². The van der Waals surface area contributed by atoms with Crippen LogP contribution >= 0.6 is 0 Å². The summed E-state index contributed by atoms with van der Waals surface area (Å²) in [5.74, 6) is -2.85. The Morgan fingerprint density at radius 3 is 2.24 bits per heavy atom. The van der Waals surface area contributed by atoms with Gasteiger partial charge in [0.05, 0.1) is 4.90 Å². The number of hydrogen-bond donors (Lipinski definition) is 1. The molecule has 0 saturated carbocycles. The van der Waals surface area contributed by atoms with Crippen molar-refractivity contribution in [1.82, 2.24) is 14.5 Å². The third kappa shape index (κ3) is 6.38. The number of hydrogen-bond acceptors (Lipinski definition) is 4. The van der Waals surface area contributed by atoms with E-state index < -0.39 is 39.5 Å². The number of nitrogens with zero attached hydrogens (tertiary/aromatic N) is 2. The normalized spacial score (nSPS) is 12.6. The fourth-order valence-corrected chi connectivity index (χ4v) is 4.97. The summed E-state index contributed by atoms with van der Waals surface area (Å²) in [7, 11) is -2.30. The van der Waals surface area contributed by atoms with Gasteiger partial charge in [-0.25, -0.2) is 17.2 Å². The lowest BCUT2D eigenvalue weighted by atomic mass is 10.0. The Morgan fingerprint density at radius 1 is 1.03 bits per heavy atom. The molecular weight excluding hydrogens is 464 g/mol. The lowest BCUT2D eigenvalue weighted by Crippen LogP contribution is -2.50. The minimum atomic E-state index is -3.76. The Morgan fingerprint density at radius 2 is 1.68 bits per heavy atom. The smallest absolute Gasteiger partial charge is 0.251 e. The number of amides is 2. The number of nitrogens with one attached hydrogen (secondary N) is 1. The van der Waals surface area contributed by atoms with Gasteiger partial charge in [-0.15, -0.1) is 0 Å². The highest BCUT2D eigenvalue weighted by molar-refractivity contribution is 7.89. The largest absolute Gasteiger partial charge is 0.340 e. The van der Waals surface area contributed by atoms with Crippen molar-refractivity contribution in [3.63, 3.8) is 0 Å². The fraction of sp³-hybridized carbons (Fsp3) is 0.417. The van der Waals surface area contributed by atoms with Crippen molar-refractivity contribution in [3.8, 4) is 0 Å². The number of carbonyl (C=O) groups excluding carboxylic acids is 2. The summed E-state index contributed by atoms with van der Waals surface area (Å²) in [4.78, 5) is 27.2. The zero-order valence-electron chi connectivity index (χ0n) is 20.0. The molecule has 0 aromatic heterocycles. The van der Waals surface area contributed by atoms with Gasteiger partial charge in [0.1, 0.15) is 17.7 Å². The number of benzene rings is 2. The highest BCUT2D eigenvalue weighted by Crippen LogP contribution is 2.18. The van der Waals surface area contributed by atoms with Crippen LogP contribution in [0.25, 0.3) is 0 Å². The molecule has 0 aliphatic carbocycles. The average Bonchev–Trinajstić information content (AvgIpc) is 2.79. The third-order valence-electron chi connectivity index (χ3n) is 5.46. The van der Waals surface area contributed by atoms with Gasteiger partial charge in [0.25, 0.3) is 5.91 Å².